The molecule has 7 nitrogen and oxygen atoms in total. The molecule has 2 N–H and O–H groups in total. The van der Waals surface area contributed by atoms with Gasteiger partial charge in [-0.15, -0.1) is 0 Å². The van der Waals surface area contributed by atoms with E-state index in [1.807, 2.05) is 58.3 Å². The molecule has 1 heterocycles. The number of hydrogen-bond donors (Lipinski definition) is 1. The molecule has 3 amide bonds. The average Bonchev–Trinajstić information content (AvgIpc) is 2.92. The van der Waals surface area contributed by atoms with E-state index >= 15 is 0 Å². The first kappa shape index (κ1) is 26.7. The summed E-state index contributed by atoms with van der Waals surface area (Å²) in [7, 11) is 0. The summed E-state index contributed by atoms with van der Waals surface area (Å²) in [5.41, 5.74) is 7.79. The molecule has 2 aliphatic rings. The number of carbonyl (C=O) groups is 3. The SMILES string of the molecule is NC(=O)CCc1cccc(CC(=O)N2CCN(C(=O)c3cccc(OCCC4CCCCC4)c3)CC2)c1. The maximum absolute atomic E-state index is 13.1. The molecule has 1 aliphatic heterocycles. The van der Waals surface area contributed by atoms with Crippen molar-refractivity contribution in [2.45, 2.75) is 57.8 Å². The minimum Gasteiger partial charge on any atom is -0.494 e. The Kier molecular flexibility index (Phi) is 9.58. The van der Waals surface area contributed by atoms with Gasteiger partial charge in [0.2, 0.25) is 11.8 Å². The summed E-state index contributed by atoms with van der Waals surface area (Å²) in [5, 5.41) is 0. The van der Waals surface area contributed by atoms with E-state index < -0.39 is 0 Å². The Labute approximate surface area is 220 Å². The predicted octanol–water partition coefficient (Wildman–Crippen LogP) is 3.98. The number of carbonyl (C=O) groups excluding carboxylic acids is 3. The lowest BCUT2D eigenvalue weighted by molar-refractivity contribution is -0.132. The number of nitrogens with zero attached hydrogens (tertiary/aromatic N) is 2. The Morgan fingerprint density at radius 2 is 1.57 bits per heavy atom. The molecule has 1 saturated heterocycles. The third-order valence-corrected chi connectivity index (χ3v) is 7.53. The van der Waals surface area contributed by atoms with E-state index in [2.05, 4.69) is 0 Å². The Hall–Kier alpha value is -3.35. The van der Waals surface area contributed by atoms with Gasteiger partial charge in [-0.05, 0) is 48.1 Å². The fourth-order valence-electron chi connectivity index (χ4n) is 5.33. The number of rotatable bonds is 10. The van der Waals surface area contributed by atoms with E-state index in [1.165, 1.54) is 32.1 Å². The van der Waals surface area contributed by atoms with Crippen LogP contribution in [-0.2, 0) is 22.4 Å². The van der Waals surface area contributed by atoms with Crippen LogP contribution in [0.25, 0.3) is 0 Å². The van der Waals surface area contributed by atoms with Crippen LogP contribution in [0, 0.1) is 5.92 Å². The van der Waals surface area contributed by atoms with Gasteiger partial charge in [-0.25, -0.2) is 0 Å². The van der Waals surface area contributed by atoms with Crippen molar-refractivity contribution >= 4 is 17.7 Å². The summed E-state index contributed by atoms with van der Waals surface area (Å²) in [6, 6.07) is 15.2. The molecule has 2 aromatic rings. The number of hydrogen-bond acceptors (Lipinski definition) is 4. The highest BCUT2D eigenvalue weighted by Crippen LogP contribution is 2.26. The first-order valence-corrected chi connectivity index (χ1v) is 13.6. The molecule has 0 unspecified atom stereocenters. The van der Waals surface area contributed by atoms with Crippen LogP contribution in [0.4, 0.5) is 0 Å². The summed E-state index contributed by atoms with van der Waals surface area (Å²) in [6.45, 7) is 2.75. The van der Waals surface area contributed by atoms with Gasteiger partial charge in [-0.2, -0.15) is 0 Å². The van der Waals surface area contributed by atoms with Crippen molar-refractivity contribution in [1.29, 1.82) is 0 Å². The molecule has 198 valence electrons. The summed E-state index contributed by atoms with van der Waals surface area (Å²) in [4.78, 5) is 40.7. The third kappa shape index (κ3) is 8.07. The van der Waals surface area contributed by atoms with Crippen LogP contribution < -0.4 is 10.5 Å². The van der Waals surface area contributed by atoms with Gasteiger partial charge in [0.1, 0.15) is 5.75 Å². The lowest BCUT2D eigenvalue weighted by atomic mass is 9.87. The smallest absolute Gasteiger partial charge is 0.254 e. The van der Waals surface area contributed by atoms with E-state index in [0.717, 1.165) is 29.2 Å². The molecule has 0 spiro atoms. The number of piperazine rings is 1. The molecule has 0 atom stereocenters. The van der Waals surface area contributed by atoms with Crippen molar-refractivity contribution in [2.24, 2.45) is 11.7 Å². The zero-order chi connectivity index (χ0) is 26.0. The second-order valence-electron chi connectivity index (χ2n) is 10.3. The maximum atomic E-state index is 13.1. The molecule has 2 fully saturated rings. The summed E-state index contributed by atoms with van der Waals surface area (Å²) in [5.74, 6) is 1.21. The topological polar surface area (TPSA) is 92.9 Å². The van der Waals surface area contributed by atoms with E-state index in [-0.39, 0.29) is 17.7 Å². The van der Waals surface area contributed by atoms with Crippen molar-refractivity contribution in [3.63, 3.8) is 0 Å². The lowest BCUT2D eigenvalue weighted by Crippen LogP contribution is -2.51. The number of primary amides is 1. The standard InChI is InChI=1S/C30H39N3O4/c31-28(34)13-12-24-8-4-9-25(20-24)21-29(35)32-15-17-33(18-16-32)30(36)26-10-5-11-27(22-26)37-19-14-23-6-2-1-3-7-23/h4-5,8-11,20,22-23H,1-3,6-7,12-19,21H2,(H2,31,34). The minimum absolute atomic E-state index is 0.0213. The van der Waals surface area contributed by atoms with Gasteiger partial charge in [0.25, 0.3) is 5.91 Å². The van der Waals surface area contributed by atoms with E-state index in [4.69, 9.17) is 10.5 Å². The second-order valence-corrected chi connectivity index (χ2v) is 10.3. The van der Waals surface area contributed by atoms with E-state index in [1.54, 1.807) is 0 Å². The number of aryl methyl sites for hydroxylation is 1. The number of nitrogens with two attached hydrogens (primary N) is 1. The summed E-state index contributed by atoms with van der Waals surface area (Å²) in [6.07, 6.45) is 8.88. The largest absolute Gasteiger partial charge is 0.494 e. The molecule has 37 heavy (non-hydrogen) atoms. The summed E-state index contributed by atoms with van der Waals surface area (Å²) < 4.78 is 5.98. The molecule has 0 bridgehead atoms. The van der Waals surface area contributed by atoms with E-state index in [0.29, 0.717) is 57.6 Å². The number of benzene rings is 2. The van der Waals surface area contributed by atoms with Gasteiger partial charge in [-0.1, -0.05) is 62.4 Å². The molecule has 0 aromatic heterocycles. The van der Waals surface area contributed by atoms with Crippen LogP contribution in [0.3, 0.4) is 0 Å². The molecule has 0 radical (unpaired) electrons. The monoisotopic (exact) mass is 505 g/mol. The van der Waals surface area contributed by atoms with Crippen molar-refractivity contribution < 1.29 is 19.1 Å². The third-order valence-electron chi connectivity index (χ3n) is 7.53. The molecule has 2 aromatic carbocycles. The van der Waals surface area contributed by atoms with Gasteiger partial charge in [0.05, 0.1) is 13.0 Å². The second kappa shape index (κ2) is 13.3. The zero-order valence-electron chi connectivity index (χ0n) is 21.7. The molecular formula is C30H39N3O4. The van der Waals surface area contributed by atoms with Crippen LogP contribution in [0.1, 0.15) is 66.4 Å². The quantitative estimate of drug-likeness (QED) is 0.529. The van der Waals surface area contributed by atoms with Gasteiger partial charge in [0, 0.05) is 38.2 Å². The van der Waals surface area contributed by atoms with Gasteiger partial charge >= 0.3 is 0 Å². The van der Waals surface area contributed by atoms with Gasteiger partial charge < -0.3 is 20.3 Å². The van der Waals surface area contributed by atoms with Crippen molar-refractivity contribution in [2.75, 3.05) is 32.8 Å². The highest BCUT2D eigenvalue weighted by Gasteiger charge is 2.25. The zero-order valence-corrected chi connectivity index (χ0v) is 21.7. The van der Waals surface area contributed by atoms with Crippen molar-refractivity contribution in [3.05, 3.63) is 65.2 Å². The molecule has 1 aliphatic carbocycles. The number of amides is 3. The molecule has 4 rings (SSSR count). The molecular weight excluding hydrogens is 466 g/mol. The average molecular weight is 506 g/mol. The van der Waals surface area contributed by atoms with Crippen LogP contribution in [0.15, 0.2) is 48.5 Å². The van der Waals surface area contributed by atoms with Crippen molar-refractivity contribution in [3.8, 4) is 5.75 Å². The lowest BCUT2D eigenvalue weighted by Gasteiger charge is -2.35. The Morgan fingerprint density at radius 3 is 2.32 bits per heavy atom. The predicted molar refractivity (Wildman–Crippen MR) is 143 cm³/mol. The maximum Gasteiger partial charge on any atom is 0.254 e. The van der Waals surface area contributed by atoms with Crippen LogP contribution in [-0.4, -0.2) is 60.3 Å². The highest BCUT2D eigenvalue weighted by atomic mass is 16.5. The van der Waals surface area contributed by atoms with Crippen LogP contribution in [0.5, 0.6) is 5.75 Å². The Balaban J connectivity index is 1.23. The Bertz CT molecular complexity index is 1070. The molecule has 1 saturated carbocycles. The van der Waals surface area contributed by atoms with Crippen LogP contribution in [0.2, 0.25) is 0 Å². The van der Waals surface area contributed by atoms with Crippen LogP contribution >= 0.6 is 0 Å². The first-order valence-electron chi connectivity index (χ1n) is 13.6. The minimum atomic E-state index is -0.331. The summed E-state index contributed by atoms with van der Waals surface area (Å²) >= 11 is 0. The molecule has 7 heteroatoms. The Morgan fingerprint density at radius 1 is 0.865 bits per heavy atom. The normalized spacial score (nSPS) is 16.4. The van der Waals surface area contributed by atoms with Crippen molar-refractivity contribution in [1.82, 2.24) is 9.80 Å². The van der Waals surface area contributed by atoms with Gasteiger partial charge in [-0.3, -0.25) is 14.4 Å². The number of ether oxygens (including phenoxy) is 1. The highest BCUT2D eigenvalue weighted by molar-refractivity contribution is 5.94. The first-order chi connectivity index (χ1) is 18.0. The fraction of sp³-hybridized carbons (Fsp3) is 0.500. The fourth-order valence-corrected chi connectivity index (χ4v) is 5.33. The van der Waals surface area contributed by atoms with Gasteiger partial charge in [0.15, 0.2) is 0 Å². The van der Waals surface area contributed by atoms with E-state index in [9.17, 15) is 14.4 Å².